The monoisotopic (exact) mass is 622 g/mol. The Balaban J connectivity index is 1.53. The van der Waals surface area contributed by atoms with Crippen molar-refractivity contribution in [2.75, 3.05) is 13.7 Å². The molecule has 0 unspecified atom stereocenters. The standard InChI is InChI=1S/C34H30N4O6S/c1-5-44-33(40)30-20(2)35-34-37(31(30)25-11-7-9-13-28(25)43-4)32(39)29(45-34)18-26-21(3)36(27-12-8-6-10-24(26)27)19-22-14-16-23(17-15-22)38(41)42/h6-18,31H,5,19H2,1-4H3/b29-18-/t31-/m1/s1. The van der Waals surface area contributed by atoms with Crippen LogP contribution in [-0.2, 0) is 16.1 Å². The van der Waals surface area contributed by atoms with Gasteiger partial charge >= 0.3 is 5.97 Å². The van der Waals surface area contributed by atoms with Crippen LogP contribution >= 0.6 is 11.3 Å². The summed E-state index contributed by atoms with van der Waals surface area (Å²) in [4.78, 5) is 43.4. The van der Waals surface area contributed by atoms with Gasteiger partial charge in [-0.25, -0.2) is 9.79 Å². The van der Waals surface area contributed by atoms with Crippen molar-refractivity contribution in [3.63, 3.8) is 0 Å². The van der Waals surface area contributed by atoms with Crippen molar-refractivity contribution in [1.82, 2.24) is 9.13 Å². The van der Waals surface area contributed by atoms with Gasteiger partial charge in [0.25, 0.3) is 11.2 Å². The highest BCUT2D eigenvalue weighted by molar-refractivity contribution is 7.07. The fourth-order valence-electron chi connectivity index (χ4n) is 5.86. The molecular formula is C34H30N4O6S. The van der Waals surface area contributed by atoms with E-state index in [1.165, 1.54) is 23.5 Å². The lowest BCUT2D eigenvalue weighted by atomic mass is 9.95. The summed E-state index contributed by atoms with van der Waals surface area (Å²) >= 11 is 1.26. The van der Waals surface area contributed by atoms with Crippen LogP contribution in [0.3, 0.4) is 0 Å². The van der Waals surface area contributed by atoms with E-state index < -0.39 is 16.9 Å². The molecule has 1 aliphatic rings. The smallest absolute Gasteiger partial charge is 0.338 e. The van der Waals surface area contributed by atoms with Crippen molar-refractivity contribution in [3.05, 3.63) is 136 Å². The molecule has 3 heterocycles. The molecule has 6 rings (SSSR count). The van der Waals surface area contributed by atoms with Crippen LogP contribution in [0.25, 0.3) is 17.0 Å². The lowest BCUT2D eigenvalue weighted by Crippen LogP contribution is -2.40. The zero-order valence-corrected chi connectivity index (χ0v) is 26.0. The number of ether oxygens (including phenoxy) is 2. The van der Waals surface area contributed by atoms with Gasteiger partial charge in [0.2, 0.25) is 0 Å². The topological polar surface area (TPSA) is 118 Å². The molecule has 10 nitrogen and oxygen atoms in total. The fourth-order valence-corrected chi connectivity index (χ4v) is 6.89. The van der Waals surface area contributed by atoms with Crippen LogP contribution < -0.4 is 19.6 Å². The molecule has 0 bridgehead atoms. The van der Waals surface area contributed by atoms with Crippen LogP contribution in [0.15, 0.2) is 93.9 Å². The van der Waals surface area contributed by atoms with Gasteiger partial charge in [-0.15, -0.1) is 0 Å². The van der Waals surface area contributed by atoms with Crippen LogP contribution in [-0.4, -0.2) is 33.7 Å². The number of non-ortho nitro benzene ring substituents is 1. The number of allylic oxidation sites excluding steroid dienone is 1. The largest absolute Gasteiger partial charge is 0.496 e. The van der Waals surface area contributed by atoms with E-state index in [9.17, 15) is 19.7 Å². The van der Waals surface area contributed by atoms with Crippen LogP contribution in [0.2, 0.25) is 0 Å². The van der Waals surface area contributed by atoms with Gasteiger partial charge in [-0.2, -0.15) is 0 Å². The third-order valence-corrected chi connectivity index (χ3v) is 8.98. The quantitative estimate of drug-likeness (QED) is 0.136. The molecule has 0 aliphatic carbocycles. The minimum atomic E-state index is -0.789. The molecule has 0 N–H and O–H groups in total. The Bertz CT molecular complexity index is 2190. The van der Waals surface area contributed by atoms with Gasteiger partial charge in [0.1, 0.15) is 11.8 Å². The molecular weight excluding hydrogens is 592 g/mol. The molecule has 45 heavy (non-hydrogen) atoms. The number of nitrogens with zero attached hydrogens (tertiary/aromatic N) is 4. The van der Waals surface area contributed by atoms with Crippen molar-refractivity contribution in [2.45, 2.75) is 33.4 Å². The van der Waals surface area contributed by atoms with Crippen molar-refractivity contribution in [1.29, 1.82) is 0 Å². The van der Waals surface area contributed by atoms with Crippen LogP contribution in [0.1, 0.15) is 42.3 Å². The second-order valence-corrected chi connectivity index (χ2v) is 11.6. The van der Waals surface area contributed by atoms with E-state index in [-0.39, 0.29) is 23.4 Å². The summed E-state index contributed by atoms with van der Waals surface area (Å²) in [6, 6.07) is 21.0. The molecule has 1 atom stereocenters. The zero-order valence-electron chi connectivity index (χ0n) is 25.1. The Labute approximate surface area is 262 Å². The molecule has 2 aromatic heterocycles. The van der Waals surface area contributed by atoms with E-state index in [1.54, 1.807) is 43.7 Å². The summed E-state index contributed by atoms with van der Waals surface area (Å²) in [6.45, 7) is 6.16. The van der Waals surface area contributed by atoms with Gasteiger partial charge in [-0.05, 0) is 44.5 Å². The van der Waals surface area contributed by atoms with Gasteiger partial charge in [0.05, 0.1) is 34.4 Å². The first kappa shape index (κ1) is 29.8. The zero-order chi connectivity index (χ0) is 31.8. The predicted molar refractivity (Wildman–Crippen MR) is 172 cm³/mol. The SMILES string of the molecule is CCOC(=O)C1=C(C)N=c2s/c(=C\c3c(C)n(Cc4ccc([N+](=O)[O-])cc4)c4ccccc34)c(=O)n2[C@@H]1c1ccccc1OC. The first-order valence-corrected chi connectivity index (χ1v) is 15.2. The number of carbonyl (C=O) groups is 1. The summed E-state index contributed by atoms with van der Waals surface area (Å²) < 4.78 is 15.2. The molecule has 0 amide bonds. The molecule has 228 valence electrons. The second-order valence-electron chi connectivity index (χ2n) is 10.6. The molecule has 0 saturated heterocycles. The molecule has 3 aromatic carbocycles. The number of hydrogen-bond acceptors (Lipinski definition) is 8. The van der Waals surface area contributed by atoms with Crippen LogP contribution in [0, 0.1) is 17.0 Å². The summed E-state index contributed by atoms with van der Waals surface area (Å²) in [5.41, 5.74) is 4.88. The van der Waals surface area contributed by atoms with Crippen molar-refractivity contribution < 1.29 is 19.2 Å². The number of esters is 1. The number of rotatable bonds is 8. The number of hydrogen-bond donors (Lipinski definition) is 0. The predicted octanol–water partition coefficient (Wildman–Crippen LogP) is 5.03. The average molecular weight is 623 g/mol. The van der Waals surface area contributed by atoms with E-state index in [1.807, 2.05) is 55.5 Å². The maximum absolute atomic E-state index is 14.3. The van der Waals surface area contributed by atoms with E-state index in [2.05, 4.69) is 4.57 Å². The Morgan fingerprint density at radius 1 is 1.07 bits per heavy atom. The van der Waals surface area contributed by atoms with Crippen LogP contribution in [0.4, 0.5) is 5.69 Å². The first-order chi connectivity index (χ1) is 21.7. The van der Waals surface area contributed by atoms with Gasteiger partial charge in [-0.3, -0.25) is 19.5 Å². The van der Waals surface area contributed by atoms with Gasteiger partial charge in [0.15, 0.2) is 4.80 Å². The summed E-state index contributed by atoms with van der Waals surface area (Å²) in [7, 11) is 1.55. The third kappa shape index (κ3) is 5.25. The third-order valence-electron chi connectivity index (χ3n) is 7.99. The Kier molecular flexibility index (Phi) is 7.94. The number of nitro groups is 1. The number of benzene rings is 3. The molecule has 0 fully saturated rings. The first-order valence-electron chi connectivity index (χ1n) is 14.4. The Morgan fingerprint density at radius 2 is 1.78 bits per heavy atom. The lowest BCUT2D eigenvalue weighted by molar-refractivity contribution is -0.384. The minimum Gasteiger partial charge on any atom is -0.496 e. The molecule has 5 aromatic rings. The maximum atomic E-state index is 14.3. The normalized spacial score (nSPS) is 14.8. The molecule has 0 radical (unpaired) electrons. The Hall–Kier alpha value is -5.29. The molecule has 0 spiro atoms. The Morgan fingerprint density at radius 3 is 2.49 bits per heavy atom. The molecule has 11 heteroatoms. The van der Waals surface area contributed by atoms with E-state index in [0.717, 1.165) is 27.7 Å². The number of para-hydroxylation sites is 2. The number of fused-ring (bicyclic) bond motifs is 2. The van der Waals surface area contributed by atoms with E-state index in [4.69, 9.17) is 14.5 Å². The highest BCUT2D eigenvalue weighted by atomic mass is 32.1. The molecule has 0 saturated carbocycles. The average Bonchev–Trinajstić information content (AvgIpc) is 3.49. The maximum Gasteiger partial charge on any atom is 0.338 e. The number of methoxy groups -OCH3 is 1. The number of aromatic nitrogens is 2. The van der Waals surface area contributed by atoms with Gasteiger partial charge < -0.3 is 14.0 Å². The van der Waals surface area contributed by atoms with Crippen molar-refractivity contribution in [2.24, 2.45) is 4.99 Å². The summed E-state index contributed by atoms with van der Waals surface area (Å²) in [5, 5.41) is 12.1. The van der Waals surface area contributed by atoms with Crippen molar-refractivity contribution >= 4 is 40.0 Å². The summed E-state index contributed by atoms with van der Waals surface area (Å²) in [6.07, 6.45) is 1.89. The van der Waals surface area contributed by atoms with Gasteiger partial charge in [0, 0.05) is 46.4 Å². The minimum absolute atomic E-state index is 0.0386. The fraction of sp³-hybridized carbons (Fsp3) is 0.206. The van der Waals surface area contributed by atoms with Gasteiger partial charge in [-0.1, -0.05) is 59.9 Å². The number of nitro benzene ring substituents is 1. The lowest BCUT2D eigenvalue weighted by Gasteiger charge is -2.25. The number of carbonyl (C=O) groups excluding carboxylic acids is 1. The number of thiazole rings is 1. The van der Waals surface area contributed by atoms with E-state index in [0.29, 0.717) is 32.9 Å². The highest BCUT2D eigenvalue weighted by Gasteiger charge is 2.35. The van der Waals surface area contributed by atoms with E-state index >= 15 is 0 Å². The highest BCUT2D eigenvalue weighted by Crippen LogP contribution is 2.36. The molecule has 1 aliphatic heterocycles. The summed E-state index contributed by atoms with van der Waals surface area (Å²) in [5.74, 6) is 0.00725. The van der Waals surface area contributed by atoms with Crippen LogP contribution in [0.5, 0.6) is 5.75 Å². The second kappa shape index (κ2) is 12.0. The van der Waals surface area contributed by atoms with Crippen molar-refractivity contribution in [3.8, 4) is 5.75 Å².